The Kier molecular flexibility index (Phi) is 17.7. The lowest BCUT2D eigenvalue weighted by molar-refractivity contribution is 0.248. The summed E-state index contributed by atoms with van der Waals surface area (Å²) in [4.78, 5) is 18.0. The van der Waals surface area contributed by atoms with Crippen LogP contribution in [0.5, 0.6) is 0 Å². The van der Waals surface area contributed by atoms with E-state index in [1.54, 1.807) is 0 Å². The largest absolute Gasteiger partial charge is 0.396 e. The lowest BCUT2D eigenvalue weighted by Gasteiger charge is -1.90. The van der Waals surface area contributed by atoms with Gasteiger partial charge in [0.1, 0.15) is 0 Å². The highest BCUT2D eigenvalue weighted by Crippen LogP contribution is 1.83. The summed E-state index contributed by atoms with van der Waals surface area (Å²) < 4.78 is 0. The molecule has 0 aromatic rings. The maximum Gasteiger partial charge on any atom is 0.309 e. The van der Waals surface area contributed by atoms with Crippen LogP contribution in [0.4, 0.5) is 9.59 Å². The third-order valence-electron chi connectivity index (χ3n) is 0.365. The number of nitrogens with two attached hydrogens (primary N) is 4. The van der Waals surface area contributed by atoms with E-state index in [2.05, 4.69) is 22.9 Å². The molecule has 80 valence electrons. The second-order valence-corrected chi connectivity index (χ2v) is 2.38. The Hall–Kier alpha value is -1.50. The number of amides is 4. The van der Waals surface area contributed by atoms with Crippen LogP contribution in [0.15, 0.2) is 0 Å². The van der Waals surface area contributed by atoms with Gasteiger partial charge in [-0.3, -0.25) is 0 Å². The smallest absolute Gasteiger partial charge is 0.309 e. The molecule has 0 spiro atoms. The predicted octanol–water partition coefficient (Wildman–Crippen LogP) is -1.32. The SMILES string of the molecule is CC(C)CO.NC(N)=O.NC(N)=O. The Labute approximate surface area is 77.1 Å². The number of aliphatic hydroxyl groups is 1. The van der Waals surface area contributed by atoms with E-state index in [4.69, 9.17) is 14.7 Å². The molecule has 0 radical (unpaired) electrons. The monoisotopic (exact) mass is 194 g/mol. The van der Waals surface area contributed by atoms with Gasteiger partial charge in [0.25, 0.3) is 0 Å². The van der Waals surface area contributed by atoms with E-state index >= 15 is 0 Å². The predicted molar refractivity (Wildman–Crippen MR) is 49.5 cm³/mol. The number of carbonyl (C=O) groups is 2. The van der Waals surface area contributed by atoms with Crippen LogP contribution in [0, 0.1) is 5.92 Å². The van der Waals surface area contributed by atoms with Crippen molar-refractivity contribution in [2.45, 2.75) is 13.8 Å². The highest BCUT2D eigenvalue weighted by Gasteiger charge is 1.81. The van der Waals surface area contributed by atoms with Gasteiger partial charge in [-0.1, -0.05) is 13.8 Å². The summed E-state index contributed by atoms with van der Waals surface area (Å²) in [6, 6.07) is -1.67. The topological polar surface area (TPSA) is 158 Å². The van der Waals surface area contributed by atoms with Gasteiger partial charge in [0.15, 0.2) is 0 Å². The minimum absolute atomic E-state index is 0.306. The molecule has 4 amide bonds. The molecule has 0 aromatic carbocycles. The lowest BCUT2D eigenvalue weighted by atomic mass is 10.2. The van der Waals surface area contributed by atoms with Crippen molar-refractivity contribution >= 4 is 12.1 Å². The van der Waals surface area contributed by atoms with Crippen LogP contribution in [-0.4, -0.2) is 23.8 Å². The molecule has 0 fully saturated rings. The number of aliphatic hydroxyl groups excluding tert-OH is 1. The van der Waals surface area contributed by atoms with Crippen molar-refractivity contribution in [1.29, 1.82) is 0 Å². The summed E-state index contributed by atoms with van der Waals surface area (Å²) in [5.74, 6) is 0.440. The first-order valence-electron chi connectivity index (χ1n) is 3.44. The molecule has 0 unspecified atom stereocenters. The van der Waals surface area contributed by atoms with Crippen LogP contribution < -0.4 is 22.9 Å². The second-order valence-electron chi connectivity index (χ2n) is 2.38. The van der Waals surface area contributed by atoms with E-state index < -0.39 is 12.1 Å². The summed E-state index contributed by atoms with van der Waals surface area (Å²) in [5, 5.41) is 8.14. The fourth-order valence-electron chi connectivity index (χ4n) is 0. The minimum atomic E-state index is -0.833. The number of rotatable bonds is 1. The number of hydrogen-bond donors (Lipinski definition) is 5. The average Bonchev–Trinajstić information content (AvgIpc) is 1.84. The summed E-state index contributed by atoms with van der Waals surface area (Å²) in [6.07, 6.45) is 0. The van der Waals surface area contributed by atoms with Crippen LogP contribution in [0.2, 0.25) is 0 Å². The summed E-state index contributed by atoms with van der Waals surface area (Å²) in [7, 11) is 0. The van der Waals surface area contributed by atoms with Crippen molar-refractivity contribution < 1.29 is 14.7 Å². The average molecular weight is 194 g/mol. The van der Waals surface area contributed by atoms with Gasteiger partial charge in [0, 0.05) is 6.61 Å². The fourth-order valence-corrected chi connectivity index (χ4v) is 0. The highest BCUT2D eigenvalue weighted by atomic mass is 16.3. The van der Waals surface area contributed by atoms with E-state index in [1.165, 1.54) is 0 Å². The van der Waals surface area contributed by atoms with Crippen molar-refractivity contribution in [2.24, 2.45) is 28.9 Å². The van der Waals surface area contributed by atoms with Crippen molar-refractivity contribution in [3.63, 3.8) is 0 Å². The van der Waals surface area contributed by atoms with Crippen LogP contribution in [0.1, 0.15) is 13.8 Å². The lowest BCUT2D eigenvalue weighted by Crippen LogP contribution is -2.18. The molecule has 13 heavy (non-hydrogen) atoms. The Morgan fingerprint density at radius 3 is 1.15 bits per heavy atom. The number of primary amides is 4. The van der Waals surface area contributed by atoms with Gasteiger partial charge in [-0.25, -0.2) is 9.59 Å². The maximum atomic E-state index is 9.00. The number of urea groups is 2. The first-order valence-corrected chi connectivity index (χ1v) is 3.44. The second kappa shape index (κ2) is 13.1. The number of hydrogen-bond acceptors (Lipinski definition) is 3. The van der Waals surface area contributed by atoms with Crippen LogP contribution >= 0.6 is 0 Å². The Balaban J connectivity index is -0.000000117. The van der Waals surface area contributed by atoms with Gasteiger partial charge in [0.2, 0.25) is 0 Å². The number of carbonyl (C=O) groups excluding carboxylic acids is 2. The van der Waals surface area contributed by atoms with Gasteiger partial charge in [-0.05, 0) is 5.92 Å². The zero-order valence-corrected chi connectivity index (χ0v) is 7.86. The molecule has 0 aliphatic heterocycles. The Morgan fingerprint density at radius 2 is 1.15 bits per heavy atom. The molecule has 0 saturated carbocycles. The zero-order valence-electron chi connectivity index (χ0n) is 7.86. The third kappa shape index (κ3) is 3030. The molecule has 0 atom stereocenters. The summed E-state index contributed by atoms with van der Waals surface area (Å²) in [6.45, 7) is 4.25. The highest BCUT2D eigenvalue weighted by molar-refractivity contribution is 5.69. The van der Waals surface area contributed by atoms with Crippen LogP contribution in [0.25, 0.3) is 0 Å². The molecular formula is C6H18N4O3. The van der Waals surface area contributed by atoms with Crippen LogP contribution in [0.3, 0.4) is 0 Å². The quantitative estimate of drug-likeness (QED) is 0.351. The third-order valence-corrected chi connectivity index (χ3v) is 0.365. The first kappa shape index (κ1) is 17.5. The molecule has 7 heteroatoms. The molecule has 9 N–H and O–H groups in total. The molecule has 0 saturated heterocycles. The van der Waals surface area contributed by atoms with Gasteiger partial charge in [-0.2, -0.15) is 0 Å². The first-order chi connectivity index (χ1) is 5.73. The van der Waals surface area contributed by atoms with E-state index in [9.17, 15) is 0 Å². The van der Waals surface area contributed by atoms with E-state index in [0.29, 0.717) is 12.5 Å². The molecule has 0 aliphatic rings. The molecule has 0 rings (SSSR count). The fraction of sp³-hybridized carbons (Fsp3) is 0.667. The molecule has 0 bridgehead atoms. The summed E-state index contributed by atoms with van der Waals surface area (Å²) in [5.41, 5.74) is 17.0. The normalized spacial score (nSPS) is 7.38. The molecule has 0 aliphatic carbocycles. The maximum absolute atomic E-state index is 9.00. The van der Waals surface area contributed by atoms with Gasteiger partial charge < -0.3 is 28.0 Å². The van der Waals surface area contributed by atoms with Crippen molar-refractivity contribution in [3.05, 3.63) is 0 Å². The van der Waals surface area contributed by atoms with Crippen LogP contribution in [-0.2, 0) is 0 Å². The molecule has 7 nitrogen and oxygen atoms in total. The molecule has 0 aromatic heterocycles. The Bertz CT molecular complexity index is 118. The standard InChI is InChI=1S/C4H10O.2CH4N2O/c1-4(2)3-5;2*2-1(3)4/h4-5H,3H2,1-2H3;2*(H4,2,3,4). The molecule has 0 heterocycles. The van der Waals surface area contributed by atoms with Crippen molar-refractivity contribution in [1.82, 2.24) is 0 Å². The van der Waals surface area contributed by atoms with Crippen molar-refractivity contribution in [3.8, 4) is 0 Å². The molecular weight excluding hydrogens is 176 g/mol. The van der Waals surface area contributed by atoms with Gasteiger partial charge >= 0.3 is 12.1 Å². The van der Waals surface area contributed by atoms with E-state index in [1.807, 2.05) is 13.8 Å². The van der Waals surface area contributed by atoms with Crippen molar-refractivity contribution in [2.75, 3.05) is 6.61 Å². The van der Waals surface area contributed by atoms with E-state index in [0.717, 1.165) is 0 Å². The zero-order chi connectivity index (χ0) is 11.4. The van der Waals surface area contributed by atoms with Gasteiger partial charge in [-0.15, -0.1) is 0 Å². The summed E-state index contributed by atoms with van der Waals surface area (Å²) >= 11 is 0. The Morgan fingerprint density at radius 1 is 1.08 bits per heavy atom. The van der Waals surface area contributed by atoms with E-state index in [-0.39, 0.29) is 0 Å². The van der Waals surface area contributed by atoms with Gasteiger partial charge in [0.05, 0.1) is 0 Å². The minimum Gasteiger partial charge on any atom is -0.396 e.